The van der Waals surface area contributed by atoms with E-state index in [1.807, 2.05) is 55.6 Å². The highest BCUT2D eigenvalue weighted by Gasteiger charge is 1.99. The molecule has 3 rings (SSSR count). The molecule has 28 heavy (non-hydrogen) atoms. The number of aliphatic imine (C=N–C) groups is 1. The Kier molecular flexibility index (Phi) is 7.81. The minimum absolute atomic E-state index is 0.764. The van der Waals surface area contributed by atoms with Crippen LogP contribution < -0.4 is 0 Å². The van der Waals surface area contributed by atoms with Gasteiger partial charge in [0.1, 0.15) is 0 Å². The SMILES string of the molecule is C#C/C(C=NC)=C(\C)C(=C)/C=C/c1ccccc1.Cc1cccc2[nH]ccc12. The van der Waals surface area contributed by atoms with Crippen LogP contribution in [-0.4, -0.2) is 18.2 Å². The highest BCUT2D eigenvalue weighted by molar-refractivity contribution is 5.87. The van der Waals surface area contributed by atoms with Crippen molar-refractivity contribution >= 4 is 23.2 Å². The van der Waals surface area contributed by atoms with Gasteiger partial charge in [-0.3, -0.25) is 4.99 Å². The van der Waals surface area contributed by atoms with Gasteiger partial charge in [-0.15, -0.1) is 6.42 Å². The average Bonchev–Trinajstić information content (AvgIpc) is 3.21. The van der Waals surface area contributed by atoms with Crippen LogP contribution in [0.1, 0.15) is 18.1 Å². The lowest BCUT2D eigenvalue weighted by molar-refractivity contribution is 1.41. The molecule has 0 amide bonds. The van der Waals surface area contributed by atoms with Gasteiger partial charge >= 0.3 is 0 Å². The molecule has 0 saturated heterocycles. The first kappa shape index (κ1) is 20.7. The summed E-state index contributed by atoms with van der Waals surface area (Å²) in [4.78, 5) is 7.10. The summed E-state index contributed by atoms with van der Waals surface area (Å²) in [6.45, 7) is 8.09. The first-order chi connectivity index (χ1) is 13.6. The lowest BCUT2D eigenvalue weighted by Crippen LogP contribution is -1.89. The summed E-state index contributed by atoms with van der Waals surface area (Å²) in [5.74, 6) is 2.62. The molecule has 0 spiro atoms. The van der Waals surface area contributed by atoms with E-state index < -0.39 is 0 Å². The Morgan fingerprint density at radius 1 is 1.11 bits per heavy atom. The molecular weight excluding hydrogens is 340 g/mol. The van der Waals surface area contributed by atoms with Gasteiger partial charge in [-0.25, -0.2) is 0 Å². The second-order valence-corrected chi connectivity index (χ2v) is 6.35. The van der Waals surface area contributed by atoms with Crippen LogP contribution in [0.5, 0.6) is 0 Å². The number of rotatable bonds is 4. The third-order valence-electron chi connectivity index (χ3n) is 4.39. The predicted molar refractivity (Wildman–Crippen MR) is 124 cm³/mol. The summed E-state index contributed by atoms with van der Waals surface area (Å²) in [7, 11) is 1.70. The summed E-state index contributed by atoms with van der Waals surface area (Å²) >= 11 is 0. The van der Waals surface area contributed by atoms with Crippen molar-refractivity contribution in [1.29, 1.82) is 0 Å². The summed E-state index contributed by atoms with van der Waals surface area (Å²) in [5.41, 5.74) is 6.32. The van der Waals surface area contributed by atoms with Crippen molar-refractivity contribution in [3.05, 3.63) is 101 Å². The van der Waals surface area contributed by atoms with Gasteiger partial charge in [0.15, 0.2) is 0 Å². The monoisotopic (exact) mass is 366 g/mol. The number of aromatic nitrogens is 1. The van der Waals surface area contributed by atoms with E-state index in [9.17, 15) is 0 Å². The van der Waals surface area contributed by atoms with Gasteiger partial charge in [-0.1, -0.05) is 67.1 Å². The quantitative estimate of drug-likeness (QED) is 0.315. The summed E-state index contributed by atoms with van der Waals surface area (Å²) in [5, 5.41) is 1.32. The van der Waals surface area contributed by atoms with Crippen molar-refractivity contribution in [3.63, 3.8) is 0 Å². The zero-order chi connectivity index (χ0) is 20.4. The summed E-state index contributed by atoms with van der Waals surface area (Å²) in [6, 6.07) is 18.4. The van der Waals surface area contributed by atoms with Gasteiger partial charge in [-0.05, 0) is 48.3 Å². The summed E-state index contributed by atoms with van der Waals surface area (Å²) < 4.78 is 0. The first-order valence-electron chi connectivity index (χ1n) is 9.11. The molecule has 0 unspecified atom stereocenters. The highest BCUT2D eigenvalue weighted by Crippen LogP contribution is 2.15. The Labute approximate surface area is 168 Å². The number of benzene rings is 2. The van der Waals surface area contributed by atoms with Crippen LogP contribution >= 0.6 is 0 Å². The number of allylic oxidation sites excluding steroid dienone is 4. The molecule has 2 nitrogen and oxygen atoms in total. The number of aromatic amines is 1. The third kappa shape index (κ3) is 5.72. The van der Waals surface area contributed by atoms with Gasteiger partial charge < -0.3 is 4.98 Å². The molecule has 0 atom stereocenters. The molecule has 140 valence electrons. The molecule has 3 aromatic rings. The van der Waals surface area contributed by atoms with Gasteiger partial charge in [0.25, 0.3) is 0 Å². The van der Waals surface area contributed by atoms with Crippen LogP contribution in [0.25, 0.3) is 17.0 Å². The Bertz CT molecular complexity index is 1050. The number of nitrogens with zero attached hydrogens (tertiary/aromatic N) is 1. The number of H-pyrrole nitrogens is 1. The number of terminal acetylenes is 1. The molecule has 1 heterocycles. The molecule has 0 aliphatic heterocycles. The Hall–Kier alpha value is -3.57. The fourth-order valence-electron chi connectivity index (χ4n) is 2.67. The van der Waals surface area contributed by atoms with Crippen LogP contribution in [-0.2, 0) is 0 Å². The number of fused-ring (bicyclic) bond motifs is 1. The third-order valence-corrected chi connectivity index (χ3v) is 4.39. The minimum atomic E-state index is 0.764. The minimum Gasteiger partial charge on any atom is -0.361 e. The second kappa shape index (κ2) is 10.5. The Morgan fingerprint density at radius 3 is 2.50 bits per heavy atom. The molecule has 0 radical (unpaired) electrons. The molecule has 1 aromatic heterocycles. The molecule has 0 bridgehead atoms. The van der Waals surface area contributed by atoms with Crippen LogP contribution in [0.2, 0.25) is 0 Å². The van der Waals surface area contributed by atoms with Crippen molar-refractivity contribution in [2.45, 2.75) is 13.8 Å². The lowest BCUT2D eigenvalue weighted by Gasteiger charge is -2.02. The molecule has 0 aliphatic rings. The van der Waals surface area contributed by atoms with E-state index in [0.29, 0.717) is 0 Å². The van der Waals surface area contributed by atoms with E-state index in [-0.39, 0.29) is 0 Å². The standard InChI is InChI=1S/C17H17N.C9H9N/c1-5-17(13-18-4)15(3)14(2)11-12-16-9-7-6-8-10-16;1-7-3-2-4-9-8(7)5-6-10-9/h1,6-13H,2H2,3-4H3;2-6,10H,1H3/b12-11+,17-15-,18-13?;. The molecule has 1 N–H and O–H groups in total. The van der Waals surface area contributed by atoms with Gasteiger partial charge in [0.2, 0.25) is 0 Å². The van der Waals surface area contributed by atoms with Crippen molar-refractivity contribution in [1.82, 2.24) is 4.98 Å². The number of aryl methyl sites for hydroxylation is 1. The van der Waals surface area contributed by atoms with E-state index in [4.69, 9.17) is 6.42 Å². The highest BCUT2D eigenvalue weighted by atomic mass is 14.7. The molecule has 2 aromatic carbocycles. The zero-order valence-electron chi connectivity index (χ0n) is 16.7. The van der Waals surface area contributed by atoms with E-state index in [0.717, 1.165) is 22.3 Å². The molecule has 0 fully saturated rings. The summed E-state index contributed by atoms with van der Waals surface area (Å²) in [6.07, 6.45) is 13.1. The van der Waals surface area contributed by atoms with E-state index in [2.05, 4.69) is 53.7 Å². The topological polar surface area (TPSA) is 28.1 Å². The van der Waals surface area contributed by atoms with Crippen LogP contribution in [0.15, 0.2) is 95.2 Å². The van der Waals surface area contributed by atoms with Crippen LogP contribution in [0.4, 0.5) is 0 Å². The second-order valence-electron chi connectivity index (χ2n) is 6.35. The lowest BCUT2D eigenvalue weighted by atomic mass is 10.0. The van der Waals surface area contributed by atoms with Crippen LogP contribution in [0, 0.1) is 19.3 Å². The van der Waals surface area contributed by atoms with Crippen molar-refractivity contribution < 1.29 is 0 Å². The molecule has 0 saturated carbocycles. The van der Waals surface area contributed by atoms with Gasteiger partial charge in [-0.2, -0.15) is 0 Å². The molecule has 2 heteroatoms. The average molecular weight is 367 g/mol. The van der Waals surface area contributed by atoms with Gasteiger partial charge in [0, 0.05) is 35.9 Å². The number of nitrogens with one attached hydrogen (secondary N) is 1. The maximum absolute atomic E-state index is 5.44. The largest absolute Gasteiger partial charge is 0.361 e. The smallest absolute Gasteiger partial charge is 0.0456 e. The molecule has 0 aliphatic carbocycles. The van der Waals surface area contributed by atoms with Crippen molar-refractivity contribution in [3.8, 4) is 12.3 Å². The Balaban J connectivity index is 0.000000233. The predicted octanol–water partition coefficient (Wildman–Crippen LogP) is 6.38. The normalized spacial score (nSPS) is 11.8. The van der Waals surface area contributed by atoms with Gasteiger partial charge in [0.05, 0.1) is 0 Å². The maximum atomic E-state index is 5.44. The molecular formula is C26H26N2. The first-order valence-corrected chi connectivity index (χ1v) is 9.11. The zero-order valence-corrected chi connectivity index (χ0v) is 16.7. The van der Waals surface area contributed by atoms with E-state index in [1.54, 1.807) is 13.3 Å². The van der Waals surface area contributed by atoms with Crippen molar-refractivity contribution in [2.24, 2.45) is 4.99 Å². The Morgan fingerprint density at radius 2 is 1.86 bits per heavy atom. The van der Waals surface area contributed by atoms with Crippen molar-refractivity contribution in [2.75, 3.05) is 7.05 Å². The fraction of sp³-hybridized carbons (Fsp3) is 0.115. The van der Waals surface area contributed by atoms with Crippen LogP contribution in [0.3, 0.4) is 0 Å². The number of hydrogen-bond acceptors (Lipinski definition) is 1. The fourth-order valence-corrected chi connectivity index (χ4v) is 2.67. The number of hydrogen-bond donors (Lipinski definition) is 1. The van der Waals surface area contributed by atoms with E-state index in [1.165, 1.54) is 16.5 Å². The maximum Gasteiger partial charge on any atom is 0.0456 e. The van der Waals surface area contributed by atoms with E-state index >= 15 is 0 Å².